The number of halogens is 3. The van der Waals surface area contributed by atoms with Crippen molar-refractivity contribution < 1.29 is 30.9 Å². The molecule has 30 heavy (non-hydrogen) atoms. The predicted molar refractivity (Wildman–Crippen MR) is 109 cm³/mol. The van der Waals surface area contributed by atoms with Gasteiger partial charge in [-0.1, -0.05) is 64.1 Å². The minimum absolute atomic E-state index is 0.0144. The van der Waals surface area contributed by atoms with Crippen molar-refractivity contribution >= 4 is 21.9 Å². The highest BCUT2D eigenvalue weighted by Crippen LogP contribution is 2.38. The third-order valence-electron chi connectivity index (χ3n) is 4.67. The Balaban J connectivity index is 2.67. The van der Waals surface area contributed by atoms with Crippen molar-refractivity contribution in [2.24, 2.45) is 0 Å². The van der Waals surface area contributed by atoms with E-state index in [9.17, 15) is 30.9 Å². The van der Waals surface area contributed by atoms with Crippen LogP contribution in [0.3, 0.4) is 0 Å². The topological polar surface area (TPSA) is 74.7 Å². The van der Waals surface area contributed by atoms with E-state index in [1.54, 1.807) is 45.9 Å². The number of rotatable bonds is 6. The van der Waals surface area contributed by atoms with Gasteiger partial charge < -0.3 is 0 Å². The first-order chi connectivity index (χ1) is 13.7. The maximum atomic E-state index is 13.3. The second-order valence-electron chi connectivity index (χ2n) is 7.56. The quantitative estimate of drug-likeness (QED) is 0.613. The van der Waals surface area contributed by atoms with Gasteiger partial charge in [0.1, 0.15) is 0 Å². The molecule has 0 heterocycles. The molecule has 2 rings (SSSR count). The van der Waals surface area contributed by atoms with Crippen LogP contribution in [0.1, 0.15) is 61.8 Å². The Hall–Kier alpha value is -2.39. The van der Waals surface area contributed by atoms with E-state index >= 15 is 0 Å². The summed E-state index contributed by atoms with van der Waals surface area (Å²) >= 11 is 0. The molecule has 1 N–H and O–H groups in total. The number of para-hydroxylation sites is 1. The summed E-state index contributed by atoms with van der Waals surface area (Å²) in [5.74, 6) is -1.60. The van der Waals surface area contributed by atoms with E-state index in [2.05, 4.69) is 0 Å². The Morgan fingerprint density at radius 1 is 0.967 bits per heavy atom. The molecule has 5 nitrogen and oxygen atoms in total. The number of amides is 1. The Morgan fingerprint density at radius 2 is 1.47 bits per heavy atom. The van der Waals surface area contributed by atoms with Crippen LogP contribution in [0.2, 0.25) is 0 Å². The molecule has 0 radical (unpaired) electrons. The van der Waals surface area contributed by atoms with E-state index in [1.165, 1.54) is 12.1 Å². The van der Waals surface area contributed by atoms with Gasteiger partial charge in [-0.05, 0) is 34.6 Å². The lowest BCUT2D eigenvalue weighted by molar-refractivity contribution is -0.138. The molecule has 0 spiro atoms. The van der Waals surface area contributed by atoms with Crippen molar-refractivity contribution in [3.8, 4) is 0 Å². The van der Waals surface area contributed by atoms with Crippen LogP contribution in [0, 0.1) is 0 Å². The van der Waals surface area contributed by atoms with E-state index in [1.807, 2.05) is 0 Å². The molecular weight excluding hydrogens is 419 g/mol. The summed E-state index contributed by atoms with van der Waals surface area (Å²) in [4.78, 5) is 13.0. The maximum Gasteiger partial charge on any atom is 0.416 e. The summed E-state index contributed by atoms with van der Waals surface area (Å²) in [6.07, 6.45) is -5.56. The van der Waals surface area contributed by atoms with Crippen molar-refractivity contribution in [1.29, 1.82) is 0 Å². The average Bonchev–Trinajstić information content (AvgIpc) is 2.59. The van der Waals surface area contributed by atoms with Crippen LogP contribution in [0.5, 0.6) is 0 Å². The maximum absolute atomic E-state index is 13.3. The molecule has 0 saturated carbocycles. The van der Waals surface area contributed by atoms with Gasteiger partial charge in [-0.15, -0.1) is 0 Å². The number of alkyl halides is 3. The molecule has 0 unspecified atom stereocenters. The minimum atomic E-state index is -5.10. The SMILES string of the molecule is CC(C)c1cccc(C(C)C)c1N(C(=O)Cc1ccccc1C(F)(F)F)S(=O)(=O)O. The van der Waals surface area contributed by atoms with Crippen LogP contribution < -0.4 is 4.31 Å². The Labute approximate surface area is 174 Å². The van der Waals surface area contributed by atoms with Crippen LogP contribution in [0.25, 0.3) is 0 Å². The van der Waals surface area contributed by atoms with Gasteiger partial charge in [0.15, 0.2) is 0 Å². The van der Waals surface area contributed by atoms with Gasteiger partial charge in [-0.25, -0.2) is 0 Å². The molecule has 0 aliphatic heterocycles. The smallest absolute Gasteiger partial charge is 0.273 e. The molecule has 0 atom stereocenters. The summed E-state index contributed by atoms with van der Waals surface area (Å²) in [5, 5.41) is 0. The molecule has 1 amide bonds. The standard InChI is InChI=1S/C21H24F3NO4S/c1-13(2)16-9-7-10-17(14(3)4)20(16)25(30(27,28)29)19(26)12-15-8-5-6-11-18(15)21(22,23)24/h5-11,13-14H,12H2,1-4H3,(H,27,28,29). The molecule has 2 aromatic carbocycles. The first-order valence-corrected chi connectivity index (χ1v) is 10.7. The van der Waals surface area contributed by atoms with Gasteiger partial charge >= 0.3 is 16.5 Å². The molecule has 0 fully saturated rings. The number of carbonyl (C=O) groups is 1. The minimum Gasteiger partial charge on any atom is -0.273 e. The first kappa shape index (κ1) is 23.9. The molecule has 2 aromatic rings. The summed E-state index contributed by atoms with van der Waals surface area (Å²) < 4.78 is 74.5. The summed E-state index contributed by atoms with van der Waals surface area (Å²) in [7, 11) is -5.10. The molecular formula is C21H24F3NO4S. The number of hydrogen-bond acceptors (Lipinski definition) is 3. The largest absolute Gasteiger partial charge is 0.416 e. The van der Waals surface area contributed by atoms with Crippen molar-refractivity contribution in [3.05, 3.63) is 64.7 Å². The van der Waals surface area contributed by atoms with Crippen molar-refractivity contribution in [1.82, 2.24) is 0 Å². The highest BCUT2D eigenvalue weighted by molar-refractivity contribution is 7.88. The fraction of sp³-hybridized carbons (Fsp3) is 0.381. The van der Waals surface area contributed by atoms with E-state index in [0.29, 0.717) is 11.1 Å². The summed E-state index contributed by atoms with van der Waals surface area (Å²) in [6.45, 7) is 7.15. The van der Waals surface area contributed by atoms with Crippen LogP contribution in [-0.2, 0) is 27.7 Å². The predicted octanol–water partition coefficient (Wildman–Crippen LogP) is 5.33. The summed E-state index contributed by atoms with van der Waals surface area (Å²) in [6, 6.07) is 9.41. The fourth-order valence-electron chi connectivity index (χ4n) is 3.30. The first-order valence-electron chi connectivity index (χ1n) is 9.33. The lowest BCUT2D eigenvalue weighted by Gasteiger charge is -2.27. The second kappa shape index (κ2) is 8.77. The van der Waals surface area contributed by atoms with E-state index in [4.69, 9.17) is 0 Å². The number of anilines is 1. The molecule has 0 aliphatic carbocycles. The van der Waals surface area contributed by atoms with Crippen molar-refractivity contribution in [2.45, 2.75) is 52.1 Å². The van der Waals surface area contributed by atoms with E-state index in [0.717, 1.165) is 12.1 Å². The normalized spacial score (nSPS) is 12.5. The zero-order chi connectivity index (χ0) is 22.9. The van der Waals surface area contributed by atoms with Gasteiger partial charge in [0.2, 0.25) is 5.91 Å². The number of hydrogen-bond donors (Lipinski definition) is 1. The highest BCUT2D eigenvalue weighted by atomic mass is 32.2. The van der Waals surface area contributed by atoms with Gasteiger partial charge in [0.05, 0.1) is 17.7 Å². The van der Waals surface area contributed by atoms with Crippen LogP contribution in [-0.4, -0.2) is 18.9 Å². The van der Waals surface area contributed by atoms with Crippen LogP contribution in [0.4, 0.5) is 18.9 Å². The lowest BCUT2D eigenvalue weighted by Crippen LogP contribution is -2.39. The van der Waals surface area contributed by atoms with Gasteiger partial charge in [0, 0.05) is 0 Å². The molecule has 164 valence electrons. The lowest BCUT2D eigenvalue weighted by atomic mass is 9.92. The van der Waals surface area contributed by atoms with Crippen molar-refractivity contribution in [2.75, 3.05) is 4.31 Å². The van der Waals surface area contributed by atoms with Gasteiger partial charge in [-0.2, -0.15) is 25.9 Å². The van der Waals surface area contributed by atoms with Gasteiger partial charge in [-0.3, -0.25) is 9.35 Å². The molecule has 0 aliphatic rings. The van der Waals surface area contributed by atoms with Crippen molar-refractivity contribution in [3.63, 3.8) is 0 Å². The molecule has 0 aromatic heterocycles. The summed E-state index contributed by atoms with van der Waals surface area (Å²) in [5.41, 5.74) is -0.460. The molecule has 0 bridgehead atoms. The zero-order valence-corrected chi connectivity index (χ0v) is 17.9. The second-order valence-corrected chi connectivity index (χ2v) is 8.82. The van der Waals surface area contributed by atoms with Gasteiger partial charge in [0.25, 0.3) is 0 Å². The third kappa shape index (κ3) is 5.20. The monoisotopic (exact) mass is 443 g/mol. The van der Waals surface area contributed by atoms with E-state index in [-0.39, 0.29) is 27.4 Å². The third-order valence-corrected chi connectivity index (χ3v) is 5.51. The Kier molecular flexibility index (Phi) is 6.98. The zero-order valence-electron chi connectivity index (χ0n) is 17.1. The number of benzene rings is 2. The molecule has 0 saturated heterocycles. The molecule has 9 heteroatoms. The average molecular weight is 443 g/mol. The van der Waals surface area contributed by atoms with E-state index < -0.39 is 34.4 Å². The van der Waals surface area contributed by atoms with Crippen LogP contribution >= 0.6 is 0 Å². The Bertz CT molecular complexity index is 1000. The number of nitrogens with zero attached hydrogens (tertiary/aromatic N) is 1. The number of carbonyl (C=O) groups excluding carboxylic acids is 1. The fourth-order valence-corrected chi connectivity index (χ4v) is 4.06. The highest BCUT2D eigenvalue weighted by Gasteiger charge is 2.36. The Morgan fingerprint density at radius 3 is 1.90 bits per heavy atom. The van der Waals surface area contributed by atoms with Crippen LogP contribution in [0.15, 0.2) is 42.5 Å².